The van der Waals surface area contributed by atoms with E-state index >= 15 is 0 Å². The Morgan fingerprint density at radius 1 is 1.50 bits per heavy atom. The van der Waals surface area contributed by atoms with Crippen LogP contribution in [0.4, 0.5) is 11.4 Å². The predicted octanol–water partition coefficient (Wildman–Crippen LogP) is 1.14. The molecule has 0 aromatic heterocycles. The number of aliphatic hydroxyl groups is 1. The number of nitrogen functional groups attached to an aromatic ring is 1. The van der Waals surface area contributed by atoms with Crippen molar-refractivity contribution in [2.75, 3.05) is 30.8 Å². The molecule has 0 amide bonds. The van der Waals surface area contributed by atoms with Crippen LogP contribution in [-0.4, -0.2) is 30.5 Å². The second-order valence-corrected chi connectivity index (χ2v) is 4.51. The van der Waals surface area contributed by atoms with E-state index in [2.05, 4.69) is 5.32 Å². The van der Waals surface area contributed by atoms with E-state index in [1.807, 2.05) is 25.1 Å². The van der Waals surface area contributed by atoms with Crippen LogP contribution < -0.4 is 11.1 Å². The van der Waals surface area contributed by atoms with Crippen LogP contribution in [0.5, 0.6) is 0 Å². The molecule has 0 aliphatic carbocycles. The molecule has 1 saturated heterocycles. The van der Waals surface area contributed by atoms with Crippen LogP contribution in [-0.2, 0) is 4.74 Å². The first-order valence-corrected chi connectivity index (χ1v) is 5.49. The topological polar surface area (TPSA) is 67.5 Å². The lowest BCUT2D eigenvalue weighted by atomic mass is 10.0. The van der Waals surface area contributed by atoms with Crippen molar-refractivity contribution in [1.29, 1.82) is 0 Å². The molecule has 0 bridgehead atoms. The number of hydrogen-bond donors (Lipinski definition) is 3. The summed E-state index contributed by atoms with van der Waals surface area (Å²) in [4.78, 5) is 0. The number of nitrogens with one attached hydrogen (secondary N) is 1. The Morgan fingerprint density at radius 3 is 2.94 bits per heavy atom. The summed E-state index contributed by atoms with van der Waals surface area (Å²) >= 11 is 0. The number of ether oxygens (including phenoxy) is 1. The zero-order valence-corrected chi connectivity index (χ0v) is 9.49. The van der Waals surface area contributed by atoms with Gasteiger partial charge in [0.15, 0.2) is 0 Å². The molecule has 1 aromatic carbocycles. The van der Waals surface area contributed by atoms with Crippen molar-refractivity contribution in [3.8, 4) is 0 Å². The fraction of sp³-hybridized carbons (Fsp3) is 0.500. The molecule has 4 N–H and O–H groups in total. The Hall–Kier alpha value is -1.26. The van der Waals surface area contributed by atoms with E-state index < -0.39 is 5.60 Å². The molecular formula is C12H18N2O2. The molecule has 1 heterocycles. The minimum atomic E-state index is -0.738. The van der Waals surface area contributed by atoms with Crippen LogP contribution in [0.3, 0.4) is 0 Å². The molecule has 16 heavy (non-hydrogen) atoms. The van der Waals surface area contributed by atoms with Gasteiger partial charge < -0.3 is 20.9 Å². The van der Waals surface area contributed by atoms with Crippen LogP contribution in [0.15, 0.2) is 18.2 Å². The van der Waals surface area contributed by atoms with Gasteiger partial charge >= 0.3 is 0 Å². The van der Waals surface area contributed by atoms with Crippen molar-refractivity contribution < 1.29 is 9.84 Å². The highest BCUT2D eigenvalue weighted by Crippen LogP contribution is 2.21. The highest BCUT2D eigenvalue weighted by Gasteiger charge is 2.31. The molecule has 4 nitrogen and oxygen atoms in total. The van der Waals surface area contributed by atoms with Crippen molar-refractivity contribution in [2.24, 2.45) is 0 Å². The molecule has 1 aliphatic rings. The molecule has 0 radical (unpaired) electrons. The average molecular weight is 222 g/mol. The average Bonchev–Trinajstić information content (AvgIpc) is 2.62. The third kappa shape index (κ3) is 2.65. The fourth-order valence-electron chi connectivity index (χ4n) is 1.92. The summed E-state index contributed by atoms with van der Waals surface area (Å²) in [6, 6.07) is 5.79. The van der Waals surface area contributed by atoms with Crippen molar-refractivity contribution in [3.63, 3.8) is 0 Å². The third-order valence-corrected chi connectivity index (χ3v) is 2.80. The Bertz CT molecular complexity index is 353. The lowest BCUT2D eigenvalue weighted by molar-refractivity contribution is 0.0382. The van der Waals surface area contributed by atoms with E-state index in [-0.39, 0.29) is 0 Å². The molecule has 1 aromatic rings. The van der Waals surface area contributed by atoms with Crippen LogP contribution in [0.25, 0.3) is 0 Å². The summed E-state index contributed by atoms with van der Waals surface area (Å²) in [5, 5.41) is 13.3. The van der Waals surface area contributed by atoms with Crippen LogP contribution in [0.1, 0.15) is 12.0 Å². The summed E-state index contributed by atoms with van der Waals surface area (Å²) in [7, 11) is 0. The number of benzene rings is 1. The Labute approximate surface area is 95.4 Å². The number of aryl methyl sites for hydroxylation is 1. The summed E-state index contributed by atoms with van der Waals surface area (Å²) in [5.74, 6) is 0. The summed E-state index contributed by atoms with van der Waals surface area (Å²) in [5.41, 5.74) is 7.80. The number of anilines is 2. The third-order valence-electron chi connectivity index (χ3n) is 2.80. The maximum atomic E-state index is 10.1. The van der Waals surface area contributed by atoms with Gasteiger partial charge in [-0.3, -0.25) is 0 Å². The summed E-state index contributed by atoms with van der Waals surface area (Å²) in [6.45, 7) is 3.53. The van der Waals surface area contributed by atoms with Crippen molar-refractivity contribution in [2.45, 2.75) is 18.9 Å². The van der Waals surface area contributed by atoms with Crippen LogP contribution in [0, 0.1) is 6.92 Å². The van der Waals surface area contributed by atoms with Crippen molar-refractivity contribution in [3.05, 3.63) is 23.8 Å². The molecule has 0 saturated carbocycles. The maximum Gasteiger partial charge on any atom is 0.107 e. The minimum Gasteiger partial charge on any atom is -0.399 e. The van der Waals surface area contributed by atoms with Gasteiger partial charge in [-0.1, -0.05) is 0 Å². The lowest BCUT2D eigenvalue weighted by Gasteiger charge is -2.21. The van der Waals surface area contributed by atoms with Gasteiger partial charge in [0, 0.05) is 30.9 Å². The predicted molar refractivity (Wildman–Crippen MR) is 64.5 cm³/mol. The zero-order valence-electron chi connectivity index (χ0n) is 9.49. The largest absolute Gasteiger partial charge is 0.399 e. The monoisotopic (exact) mass is 222 g/mol. The highest BCUT2D eigenvalue weighted by atomic mass is 16.5. The maximum absolute atomic E-state index is 10.1. The van der Waals surface area contributed by atoms with E-state index in [1.165, 1.54) is 0 Å². The van der Waals surface area contributed by atoms with E-state index in [4.69, 9.17) is 10.5 Å². The summed E-state index contributed by atoms with van der Waals surface area (Å²) in [6.07, 6.45) is 0.682. The normalized spacial score (nSPS) is 24.6. The molecule has 1 atom stereocenters. The SMILES string of the molecule is Cc1cc(N)cc(NCC2(O)CCOC2)c1. The van der Waals surface area contributed by atoms with E-state index in [9.17, 15) is 5.11 Å². The van der Waals surface area contributed by atoms with Gasteiger partial charge in [-0.15, -0.1) is 0 Å². The molecule has 88 valence electrons. The highest BCUT2D eigenvalue weighted by molar-refractivity contribution is 5.56. The summed E-state index contributed by atoms with van der Waals surface area (Å²) < 4.78 is 5.18. The van der Waals surface area contributed by atoms with E-state index in [1.54, 1.807) is 0 Å². The van der Waals surface area contributed by atoms with E-state index in [0.29, 0.717) is 26.2 Å². The number of nitrogens with two attached hydrogens (primary N) is 1. The van der Waals surface area contributed by atoms with Crippen LogP contribution in [0.2, 0.25) is 0 Å². The van der Waals surface area contributed by atoms with Gasteiger partial charge in [0.1, 0.15) is 5.60 Å². The van der Waals surface area contributed by atoms with Gasteiger partial charge in [0.05, 0.1) is 6.61 Å². The Kier molecular flexibility index (Phi) is 3.03. The standard InChI is InChI=1S/C12H18N2O2/c1-9-4-10(13)6-11(5-9)14-7-12(15)2-3-16-8-12/h4-6,14-15H,2-3,7-8,13H2,1H3. The van der Waals surface area contributed by atoms with E-state index in [0.717, 1.165) is 16.9 Å². The molecular weight excluding hydrogens is 204 g/mol. The first kappa shape index (κ1) is 11.2. The Balaban J connectivity index is 1.98. The number of hydrogen-bond acceptors (Lipinski definition) is 4. The molecule has 1 unspecified atom stereocenters. The molecule has 1 aliphatic heterocycles. The van der Waals surface area contributed by atoms with Gasteiger partial charge in [-0.25, -0.2) is 0 Å². The van der Waals surface area contributed by atoms with Gasteiger partial charge in [0.2, 0.25) is 0 Å². The molecule has 4 heteroatoms. The molecule has 0 spiro atoms. The molecule has 1 fully saturated rings. The molecule has 2 rings (SSSR count). The van der Waals surface area contributed by atoms with Gasteiger partial charge in [0.25, 0.3) is 0 Å². The fourth-order valence-corrected chi connectivity index (χ4v) is 1.92. The first-order chi connectivity index (χ1) is 7.57. The van der Waals surface area contributed by atoms with Gasteiger partial charge in [-0.05, 0) is 30.7 Å². The second-order valence-electron chi connectivity index (χ2n) is 4.51. The zero-order chi connectivity index (χ0) is 11.6. The first-order valence-electron chi connectivity index (χ1n) is 5.49. The van der Waals surface area contributed by atoms with Crippen molar-refractivity contribution >= 4 is 11.4 Å². The van der Waals surface area contributed by atoms with Gasteiger partial charge in [-0.2, -0.15) is 0 Å². The second kappa shape index (κ2) is 4.31. The van der Waals surface area contributed by atoms with Crippen molar-refractivity contribution in [1.82, 2.24) is 0 Å². The number of rotatable bonds is 3. The van der Waals surface area contributed by atoms with Crippen LogP contribution >= 0.6 is 0 Å². The lowest BCUT2D eigenvalue weighted by Crippen LogP contribution is -2.37. The minimum absolute atomic E-state index is 0.404. The quantitative estimate of drug-likeness (QED) is 0.671. The smallest absolute Gasteiger partial charge is 0.107 e. The Morgan fingerprint density at radius 2 is 2.31 bits per heavy atom.